The van der Waals surface area contributed by atoms with E-state index in [1.54, 1.807) is 0 Å². The van der Waals surface area contributed by atoms with Gasteiger partial charge in [-0.3, -0.25) is 0 Å². The van der Waals surface area contributed by atoms with Gasteiger partial charge in [-0.15, -0.1) is 0 Å². The summed E-state index contributed by atoms with van der Waals surface area (Å²) in [6.45, 7) is 1.76. The highest BCUT2D eigenvalue weighted by Gasteiger charge is 2.15. The third-order valence-corrected chi connectivity index (χ3v) is 2.04. The average Bonchev–Trinajstić information content (AvgIpc) is 2.26. The molecule has 0 bridgehead atoms. The van der Waals surface area contributed by atoms with Crippen LogP contribution in [0, 0.1) is 0 Å². The highest BCUT2D eigenvalue weighted by Crippen LogP contribution is 2.05. The molecule has 1 aromatic carbocycles. The number of aliphatic hydroxyl groups excluding tert-OH is 1. The smallest absolute Gasteiger partial charge is 0.119 e. The third-order valence-electron chi connectivity index (χ3n) is 2.04. The average molecular weight is 209 g/mol. The fraction of sp³-hybridized carbons (Fsp3) is 0.364. The Morgan fingerprint density at radius 1 is 1.47 bits per heavy atom. The maximum Gasteiger partial charge on any atom is 0.119 e. The quantitative estimate of drug-likeness (QED) is 0.723. The first kappa shape index (κ1) is 11.7. The van der Waals surface area contributed by atoms with Crippen molar-refractivity contribution >= 4 is 5.97 Å². The molecule has 0 aliphatic heterocycles. The van der Waals surface area contributed by atoms with Gasteiger partial charge in [-0.1, -0.05) is 30.3 Å². The highest BCUT2D eigenvalue weighted by atomic mass is 16.5. The number of rotatable bonds is 5. The molecule has 0 radical (unpaired) electrons. The second-order valence-corrected chi connectivity index (χ2v) is 3.27. The molecule has 1 rings (SSSR count). The zero-order chi connectivity index (χ0) is 11.3. The lowest BCUT2D eigenvalue weighted by molar-refractivity contribution is -0.318. The Labute approximate surface area is 88.1 Å². The van der Waals surface area contributed by atoms with Crippen LogP contribution in [-0.4, -0.2) is 23.3 Å². The Morgan fingerprint density at radius 2 is 2.07 bits per heavy atom. The molecule has 15 heavy (non-hydrogen) atoms. The van der Waals surface area contributed by atoms with E-state index in [-0.39, 0.29) is 6.61 Å². The summed E-state index contributed by atoms with van der Waals surface area (Å²) in [7, 11) is 0. The van der Waals surface area contributed by atoms with E-state index in [0.29, 0.717) is 0 Å². The van der Waals surface area contributed by atoms with Crippen molar-refractivity contribution in [2.24, 2.45) is 0 Å². The Morgan fingerprint density at radius 3 is 2.60 bits per heavy atom. The molecule has 2 atom stereocenters. The standard InChI is InChI=1S/C11H14O4/c1-8(10(12)11(13)14)15-7-9-5-3-2-4-6-9/h2-6,8,10,12H,7H2,1H3,(H,13,14)/p-1. The lowest BCUT2D eigenvalue weighted by Gasteiger charge is -2.20. The molecule has 0 aromatic heterocycles. The molecule has 1 N–H and O–H groups in total. The van der Waals surface area contributed by atoms with Gasteiger partial charge in [-0.05, 0) is 12.5 Å². The number of ether oxygens (including phenoxy) is 1. The van der Waals surface area contributed by atoms with Crippen LogP contribution in [0.25, 0.3) is 0 Å². The van der Waals surface area contributed by atoms with Gasteiger partial charge >= 0.3 is 0 Å². The second-order valence-electron chi connectivity index (χ2n) is 3.27. The number of hydrogen-bond donors (Lipinski definition) is 1. The van der Waals surface area contributed by atoms with Crippen LogP contribution < -0.4 is 5.11 Å². The van der Waals surface area contributed by atoms with E-state index in [4.69, 9.17) is 9.84 Å². The fourth-order valence-corrected chi connectivity index (χ4v) is 1.08. The summed E-state index contributed by atoms with van der Waals surface area (Å²) in [6, 6.07) is 9.32. The van der Waals surface area contributed by atoms with Crippen molar-refractivity contribution in [3.05, 3.63) is 35.9 Å². The highest BCUT2D eigenvalue weighted by molar-refractivity contribution is 5.70. The molecule has 0 fully saturated rings. The van der Waals surface area contributed by atoms with E-state index in [1.807, 2.05) is 30.3 Å². The summed E-state index contributed by atoms with van der Waals surface area (Å²) < 4.78 is 5.18. The van der Waals surface area contributed by atoms with E-state index in [0.717, 1.165) is 5.56 Å². The summed E-state index contributed by atoms with van der Waals surface area (Å²) in [5, 5.41) is 19.4. The van der Waals surface area contributed by atoms with Crippen LogP contribution in [0.4, 0.5) is 0 Å². The summed E-state index contributed by atoms with van der Waals surface area (Å²) in [5.74, 6) is -1.52. The van der Waals surface area contributed by atoms with Crippen LogP contribution in [0.5, 0.6) is 0 Å². The molecule has 0 aliphatic carbocycles. The fourth-order valence-electron chi connectivity index (χ4n) is 1.08. The monoisotopic (exact) mass is 209 g/mol. The van der Waals surface area contributed by atoms with Gasteiger partial charge in [-0.25, -0.2) is 0 Å². The van der Waals surface area contributed by atoms with Gasteiger partial charge in [-0.2, -0.15) is 0 Å². The number of benzene rings is 1. The summed E-state index contributed by atoms with van der Waals surface area (Å²) >= 11 is 0. The zero-order valence-electron chi connectivity index (χ0n) is 8.42. The van der Waals surface area contributed by atoms with Gasteiger partial charge < -0.3 is 19.7 Å². The van der Waals surface area contributed by atoms with Crippen molar-refractivity contribution in [3.8, 4) is 0 Å². The van der Waals surface area contributed by atoms with Crippen LogP contribution in [0.2, 0.25) is 0 Å². The number of carbonyl (C=O) groups excluding carboxylic acids is 1. The first-order valence-corrected chi connectivity index (χ1v) is 4.65. The van der Waals surface area contributed by atoms with Gasteiger partial charge in [0.2, 0.25) is 0 Å². The van der Waals surface area contributed by atoms with Crippen molar-refractivity contribution in [2.75, 3.05) is 0 Å². The maximum atomic E-state index is 10.3. The predicted molar refractivity (Wildman–Crippen MR) is 51.7 cm³/mol. The molecule has 0 aliphatic rings. The zero-order valence-corrected chi connectivity index (χ0v) is 8.42. The molecule has 4 heteroatoms. The first-order valence-electron chi connectivity index (χ1n) is 4.65. The van der Waals surface area contributed by atoms with Crippen LogP contribution >= 0.6 is 0 Å². The summed E-state index contributed by atoms with van der Waals surface area (Å²) in [5.41, 5.74) is 0.926. The molecule has 2 unspecified atom stereocenters. The molecular formula is C11H13O4-. The van der Waals surface area contributed by atoms with Crippen molar-refractivity contribution in [2.45, 2.75) is 25.7 Å². The van der Waals surface area contributed by atoms with Crippen molar-refractivity contribution in [1.82, 2.24) is 0 Å². The maximum absolute atomic E-state index is 10.3. The molecule has 0 heterocycles. The first-order chi connectivity index (χ1) is 7.11. The van der Waals surface area contributed by atoms with Gasteiger partial charge in [0, 0.05) is 0 Å². The van der Waals surface area contributed by atoms with Gasteiger partial charge in [0.05, 0.1) is 18.7 Å². The second kappa shape index (κ2) is 5.48. The molecule has 82 valence electrons. The number of carboxylic acids is 1. The Hall–Kier alpha value is -1.39. The normalized spacial score (nSPS) is 14.5. The Kier molecular flexibility index (Phi) is 4.27. The topological polar surface area (TPSA) is 69.6 Å². The van der Waals surface area contributed by atoms with Crippen molar-refractivity contribution in [3.63, 3.8) is 0 Å². The van der Waals surface area contributed by atoms with Gasteiger partial charge in [0.1, 0.15) is 6.10 Å². The summed E-state index contributed by atoms with van der Waals surface area (Å²) in [4.78, 5) is 10.3. The molecule has 0 saturated carbocycles. The lowest BCUT2D eigenvalue weighted by Crippen LogP contribution is -2.43. The molecule has 1 aromatic rings. The molecule has 0 spiro atoms. The van der Waals surface area contributed by atoms with Gasteiger partial charge in [0.15, 0.2) is 0 Å². The number of hydrogen-bond acceptors (Lipinski definition) is 4. The van der Waals surface area contributed by atoms with E-state index < -0.39 is 18.2 Å². The van der Waals surface area contributed by atoms with Gasteiger partial charge in [0.25, 0.3) is 0 Å². The van der Waals surface area contributed by atoms with Crippen LogP contribution in [0.15, 0.2) is 30.3 Å². The molecule has 4 nitrogen and oxygen atoms in total. The number of aliphatic carboxylic acids is 1. The largest absolute Gasteiger partial charge is 0.547 e. The summed E-state index contributed by atoms with van der Waals surface area (Å²) in [6.07, 6.45) is -2.37. The minimum atomic E-state index is -1.59. The Balaban J connectivity index is 2.41. The van der Waals surface area contributed by atoms with E-state index in [2.05, 4.69) is 0 Å². The molecule has 0 amide bonds. The third kappa shape index (κ3) is 3.69. The number of carboxylic acid groups (broad SMARTS) is 1. The van der Waals surface area contributed by atoms with E-state index in [1.165, 1.54) is 6.92 Å². The van der Waals surface area contributed by atoms with E-state index >= 15 is 0 Å². The van der Waals surface area contributed by atoms with E-state index in [9.17, 15) is 9.90 Å². The predicted octanol–water partition coefficient (Wildman–Crippen LogP) is -0.298. The SMILES string of the molecule is CC(OCc1ccccc1)C(O)C(=O)[O-]. The van der Waals surface area contributed by atoms with Crippen molar-refractivity contribution < 1.29 is 19.7 Å². The molecular weight excluding hydrogens is 196 g/mol. The van der Waals surface area contributed by atoms with Crippen molar-refractivity contribution in [1.29, 1.82) is 0 Å². The van der Waals surface area contributed by atoms with Crippen LogP contribution in [0.3, 0.4) is 0 Å². The Bertz CT molecular complexity index is 310. The number of carbonyl (C=O) groups is 1. The lowest BCUT2D eigenvalue weighted by atomic mass is 10.2. The van der Waals surface area contributed by atoms with Crippen LogP contribution in [0.1, 0.15) is 12.5 Å². The minimum Gasteiger partial charge on any atom is -0.547 e. The minimum absolute atomic E-state index is 0.270. The van der Waals surface area contributed by atoms with Crippen LogP contribution in [-0.2, 0) is 16.1 Å². The number of aliphatic hydroxyl groups is 1. The molecule has 0 saturated heterocycles.